The summed E-state index contributed by atoms with van der Waals surface area (Å²) in [7, 11) is 1.73. The number of hydrogen-bond acceptors (Lipinski definition) is 4. The molecular weight excluding hydrogens is 298 g/mol. The molecule has 1 rings (SSSR count). The van der Waals surface area contributed by atoms with Gasteiger partial charge >= 0.3 is 5.97 Å². The molecule has 22 heavy (non-hydrogen) atoms. The third kappa shape index (κ3) is 7.45. The van der Waals surface area contributed by atoms with E-state index in [0.29, 0.717) is 18.9 Å². The molecule has 0 saturated carbocycles. The smallest absolute Gasteiger partial charge is 0.307 e. The number of carbonyl (C=O) groups excluding carboxylic acids is 1. The van der Waals surface area contributed by atoms with Gasteiger partial charge in [-0.05, 0) is 39.8 Å². The Morgan fingerprint density at radius 3 is 2.64 bits per heavy atom. The second kappa shape index (κ2) is 9.46. The van der Waals surface area contributed by atoms with Crippen LogP contribution in [0.3, 0.4) is 0 Å². The van der Waals surface area contributed by atoms with Gasteiger partial charge in [0.05, 0.1) is 12.5 Å². The highest BCUT2D eigenvalue weighted by Crippen LogP contribution is 2.16. The summed E-state index contributed by atoms with van der Waals surface area (Å²) < 4.78 is 5.09. The number of guanidine groups is 1. The minimum absolute atomic E-state index is 0.0702. The van der Waals surface area contributed by atoms with Gasteiger partial charge in [0.2, 0.25) is 0 Å². The maximum atomic E-state index is 11.5. The average molecular weight is 325 g/mol. The van der Waals surface area contributed by atoms with E-state index in [1.807, 2.05) is 25.2 Å². The minimum atomic E-state index is -0.194. The Balaban J connectivity index is 2.31. The summed E-state index contributed by atoms with van der Waals surface area (Å²) in [4.78, 5) is 18.3. The molecule has 0 aromatic carbocycles. The number of nitrogens with zero attached hydrogens (tertiary/aromatic N) is 1. The fourth-order valence-electron chi connectivity index (χ4n) is 1.98. The average Bonchev–Trinajstić information content (AvgIpc) is 2.81. The summed E-state index contributed by atoms with van der Waals surface area (Å²) in [5.41, 5.74) is 0. The topological polar surface area (TPSA) is 62.7 Å². The first kappa shape index (κ1) is 18.5. The summed E-state index contributed by atoms with van der Waals surface area (Å²) >= 11 is 1.82. The lowest BCUT2D eigenvalue weighted by Crippen LogP contribution is -2.43. The highest BCUT2D eigenvalue weighted by atomic mass is 32.1. The van der Waals surface area contributed by atoms with Gasteiger partial charge in [0, 0.05) is 35.8 Å². The molecule has 1 heterocycles. The molecule has 6 heteroatoms. The molecule has 1 unspecified atom stereocenters. The van der Waals surface area contributed by atoms with Gasteiger partial charge in [-0.1, -0.05) is 0 Å². The van der Waals surface area contributed by atoms with Crippen molar-refractivity contribution in [3.8, 4) is 0 Å². The third-order valence-corrected chi connectivity index (χ3v) is 3.92. The Hall–Kier alpha value is -1.56. The van der Waals surface area contributed by atoms with Crippen molar-refractivity contribution in [3.63, 3.8) is 0 Å². The summed E-state index contributed by atoms with van der Waals surface area (Å²) in [6.45, 7) is 8.44. The Labute approximate surface area is 137 Å². The Morgan fingerprint density at radius 1 is 1.36 bits per heavy atom. The predicted octanol–water partition coefficient (Wildman–Crippen LogP) is 2.49. The second-order valence-electron chi connectivity index (χ2n) is 5.55. The highest BCUT2D eigenvalue weighted by molar-refractivity contribution is 7.11. The van der Waals surface area contributed by atoms with Crippen molar-refractivity contribution in [2.24, 2.45) is 4.99 Å². The normalized spacial score (nSPS) is 13.1. The van der Waals surface area contributed by atoms with Crippen LogP contribution in [0.15, 0.2) is 17.1 Å². The molecule has 124 valence electrons. The zero-order valence-corrected chi connectivity index (χ0v) is 14.9. The first-order chi connectivity index (χ1) is 10.4. The number of esters is 1. The number of nitrogens with one attached hydrogen (secondary N) is 2. The number of hydrogen-bond donors (Lipinski definition) is 2. The Kier molecular flexibility index (Phi) is 7.95. The molecule has 0 aliphatic carbocycles. The van der Waals surface area contributed by atoms with Crippen molar-refractivity contribution in [2.75, 3.05) is 13.6 Å². The molecular formula is C16H27N3O2S. The standard InChI is InChI=1S/C16H27N3O2S/c1-11(2)21-15(20)8-9-18-16(17-5)19-12(3)10-14-7-6-13(4)22-14/h6-7,11-12H,8-10H2,1-5H3,(H2,17,18,19). The van der Waals surface area contributed by atoms with E-state index in [4.69, 9.17) is 4.74 Å². The van der Waals surface area contributed by atoms with Gasteiger partial charge in [-0.15, -0.1) is 11.3 Å². The maximum absolute atomic E-state index is 11.5. The van der Waals surface area contributed by atoms with Crippen LogP contribution in [-0.4, -0.2) is 37.7 Å². The van der Waals surface area contributed by atoms with Crippen molar-refractivity contribution in [3.05, 3.63) is 21.9 Å². The van der Waals surface area contributed by atoms with E-state index in [1.165, 1.54) is 9.75 Å². The number of carbonyl (C=O) groups is 1. The van der Waals surface area contributed by atoms with E-state index in [9.17, 15) is 4.79 Å². The van der Waals surface area contributed by atoms with Crippen LogP contribution in [0.25, 0.3) is 0 Å². The van der Waals surface area contributed by atoms with E-state index in [0.717, 1.165) is 6.42 Å². The molecule has 1 aromatic rings. The van der Waals surface area contributed by atoms with Gasteiger partial charge in [-0.25, -0.2) is 0 Å². The fourth-order valence-corrected chi connectivity index (χ4v) is 3.00. The summed E-state index contributed by atoms with van der Waals surface area (Å²) in [6, 6.07) is 4.57. The molecule has 2 N–H and O–H groups in total. The Morgan fingerprint density at radius 2 is 2.09 bits per heavy atom. The van der Waals surface area contributed by atoms with Gasteiger partial charge in [0.15, 0.2) is 5.96 Å². The van der Waals surface area contributed by atoms with Gasteiger partial charge in [-0.3, -0.25) is 9.79 Å². The van der Waals surface area contributed by atoms with Crippen LogP contribution in [-0.2, 0) is 16.0 Å². The zero-order chi connectivity index (χ0) is 16.5. The lowest BCUT2D eigenvalue weighted by molar-refractivity contribution is -0.147. The number of aliphatic imine (C=N–C) groups is 1. The lowest BCUT2D eigenvalue weighted by atomic mass is 10.2. The largest absolute Gasteiger partial charge is 0.463 e. The first-order valence-electron chi connectivity index (χ1n) is 7.62. The highest BCUT2D eigenvalue weighted by Gasteiger charge is 2.09. The molecule has 1 aromatic heterocycles. The van der Waals surface area contributed by atoms with Gasteiger partial charge < -0.3 is 15.4 Å². The third-order valence-electron chi connectivity index (χ3n) is 2.90. The van der Waals surface area contributed by atoms with Crippen LogP contribution in [0.1, 0.15) is 36.9 Å². The van der Waals surface area contributed by atoms with Crippen LogP contribution >= 0.6 is 11.3 Å². The molecule has 0 spiro atoms. The molecule has 5 nitrogen and oxygen atoms in total. The number of rotatable bonds is 7. The lowest BCUT2D eigenvalue weighted by Gasteiger charge is -2.17. The van der Waals surface area contributed by atoms with Crippen LogP contribution in [0.4, 0.5) is 0 Å². The summed E-state index contributed by atoms with van der Waals surface area (Å²) in [6.07, 6.45) is 1.21. The molecule has 0 amide bonds. The molecule has 0 aliphatic heterocycles. The fraction of sp³-hybridized carbons (Fsp3) is 0.625. The van der Waals surface area contributed by atoms with Crippen LogP contribution in [0.2, 0.25) is 0 Å². The number of ether oxygens (including phenoxy) is 1. The van der Waals surface area contributed by atoms with E-state index in [2.05, 4.69) is 41.6 Å². The van der Waals surface area contributed by atoms with Gasteiger partial charge in [0.25, 0.3) is 0 Å². The monoisotopic (exact) mass is 325 g/mol. The quantitative estimate of drug-likeness (QED) is 0.459. The van der Waals surface area contributed by atoms with Crippen molar-refractivity contribution in [2.45, 2.75) is 52.7 Å². The van der Waals surface area contributed by atoms with Crippen LogP contribution < -0.4 is 10.6 Å². The van der Waals surface area contributed by atoms with Crippen LogP contribution in [0, 0.1) is 6.92 Å². The van der Waals surface area contributed by atoms with E-state index < -0.39 is 0 Å². The number of thiophene rings is 1. The Bertz CT molecular complexity index is 497. The van der Waals surface area contributed by atoms with Crippen molar-refractivity contribution >= 4 is 23.3 Å². The number of aryl methyl sites for hydroxylation is 1. The van der Waals surface area contributed by atoms with E-state index in [1.54, 1.807) is 7.05 Å². The molecule has 1 atom stereocenters. The van der Waals surface area contributed by atoms with Crippen molar-refractivity contribution in [1.29, 1.82) is 0 Å². The van der Waals surface area contributed by atoms with E-state index in [-0.39, 0.29) is 18.1 Å². The first-order valence-corrected chi connectivity index (χ1v) is 8.44. The van der Waals surface area contributed by atoms with Crippen molar-refractivity contribution < 1.29 is 9.53 Å². The molecule has 0 aliphatic rings. The summed E-state index contributed by atoms with van der Waals surface area (Å²) in [5.74, 6) is 0.512. The van der Waals surface area contributed by atoms with Gasteiger partial charge in [0.1, 0.15) is 0 Å². The predicted molar refractivity (Wildman–Crippen MR) is 92.6 cm³/mol. The zero-order valence-electron chi connectivity index (χ0n) is 14.1. The van der Waals surface area contributed by atoms with Crippen molar-refractivity contribution in [1.82, 2.24) is 10.6 Å². The molecule has 0 bridgehead atoms. The maximum Gasteiger partial charge on any atom is 0.307 e. The SMILES string of the molecule is CN=C(NCCC(=O)OC(C)C)NC(C)Cc1ccc(C)s1. The van der Waals surface area contributed by atoms with Crippen LogP contribution in [0.5, 0.6) is 0 Å². The minimum Gasteiger partial charge on any atom is -0.463 e. The molecule has 0 saturated heterocycles. The van der Waals surface area contributed by atoms with E-state index >= 15 is 0 Å². The molecule has 0 radical (unpaired) electrons. The molecule has 0 fully saturated rings. The summed E-state index contributed by atoms with van der Waals surface area (Å²) in [5, 5.41) is 6.47. The van der Waals surface area contributed by atoms with Gasteiger partial charge in [-0.2, -0.15) is 0 Å². The second-order valence-corrected chi connectivity index (χ2v) is 6.92.